The van der Waals surface area contributed by atoms with Gasteiger partial charge in [-0.3, -0.25) is 4.90 Å². The Kier molecular flexibility index (Phi) is 3.69. The van der Waals surface area contributed by atoms with Crippen molar-refractivity contribution in [3.05, 3.63) is 29.8 Å². The summed E-state index contributed by atoms with van der Waals surface area (Å²) >= 11 is 0. The van der Waals surface area contributed by atoms with Crippen LogP contribution in [0.25, 0.3) is 0 Å². The summed E-state index contributed by atoms with van der Waals surface area (Å²) in [5, 5.41) is 10.4. The van der Waals surface area contributed by atoms with Crippen LogP contribution in [0.15, 0.2) is 24.3 Å². The molecule has 0 spiro atoms. The number of hydrogen-bond donors (Lipinski definition) is 1. The number of hydrogen-bond acceptors (Lipinski definition) is 3. The van der Waals surface area contributed by atoms with Crippen LogP contribution in [-0.2, 0) is 0 Å². The average molecular weight is 235 g/mol. The molecule has 17 heavy (non-hydrogen) atoms. The number of benzene rings is 1. The zero-order valence-corrected chi connectivity index (χ0v) is 10.8. The largest absolute Gasteiger partial charge is 0.491 e. The van der Waals surface area contributed by atoms with Crippen molar-refractivity contribution in [3.8, 4) is 5.75 Å². The zero-order chi connectivity index (χ0) is 12.4. The molecule has 0 aromatic heterocycles. The summed E-state index contributed by atoms with van der Waals surface area (Å²) in [5.41, 5.74) is 0.902. The van der Waals surface area contributed by atoms with Crippen LogP contribution >= 0.6 is 0 Å². The highest BCUT2D eigenvalue weighted by Crippen LogP contribution is 2.33. The third kappa shape index (κ3) is 2.61. The Morgan fingerprint density at radius 3 is 2.82 bits per heavy atom. The molecule has 3 heteroatoms. The maximum atomic E-state index is 10.4. The molecule has 1 heterocycles. The standard InChI is InChI=1S/C14H21NO2/c1-10(2)8-15(3)12-9-17-13-7-5-4-6-11(13)14(12)16/h4-7,10,12,14,16H,8-9H2,1-3H3. The first-order valence-corrected chi connectivity index (χ1v) is 6.19. The number of fused-ring (bicyclic) bond motifs is 1. The van der Waals surface area contributed by atoms with Gasteiger partial charge in [-0.15, -0.1) is 0 Å². The summed E-state index contributed by atoms with van der Waals surface area (Å²) in [4.78, 5) is 2.19. The summed E-state index contributed by atoms with van der Waals surface area (Å²) in [6.07, 6.45) is -0.455. The van der Waals surface area contributed by atoms with Crippen molar-refractivity contribution in [2.24, 2.45) is 5.92 Å². The second kappa shape index (κ2) is 5.07. The molecule has 2 rings (SSSR count). The predicted molar refractivity (Wildman–Crippen MR) is 68.2 cm³/mol. The van der Waals surface area contributed by atoms with E-state index in [-0.39, 0.29) is 6.04 Å². The van der Waals surface area contributed by atoms with Crippen molar-refractivity contribution in [1.29, 1.82) is 0 Å². The molecule has 1 aliphatic heterocycles. The van der Waals surface area contributed by atoms with Crippen molar-refractivity contribution in [2.75, 3.05) is 20.2 Å². The fourth-order valence-electron chi connectivity index (χ4n) is 2.41. The van der Waals surface area contributed by atoms with E-state index >= 15 is 0 Å². The van der Waals surface area contributed by atoms with Gasteiger partial charge < -0.3 is 9.84 Å². The van der Waals surface area contributed by atoms with Crippen LogP contribution in [-0.4, -0.2) is 36.2 Å². The Balaban J connectivity index is 2.14. The van der Waals surface area contributed by atoms with E-state index in [0.717, 1.165) is 17.9 Å². The molecule has 94 valence electrons. The fraction of sp³-hybridized carbons (Fsp3) is 0.571. The molecule has 3 nitrogen and oxygen atoms in total. The van der Waals surface area contributed by atoms with E-state index < -0.39 is 6.10 Å². The molecule has 0 saturated heterocycles. The van der Waals surface area contributed by atoms with Gasteiger partial charge >= 0.3 is 0 Å². The fourth-order valence-corrected chi connectivity index (χ4v) is 2.41. The van der Waals surface area contributed by atoms with Gasteiger partial charge in [-0.25, -0.2) is 0 Å². The van der Waals surface area contributed by atoms with Crippen LogP contribution in [0.2, 0.25) is 0 Å². The number of aliphatic hydroxyl groups is 1. The van der Waals surface area contributed by atoms with Crippen LogP contribution < -0.4 is 4.74 Å². The maximum absolute atomic E-state index is 10.4. The van der Waals surface area contributed by atoms with Gasteiger partial charge in [0.2, 0.25) is 0 Å². The highest BCUT2D eigenvalue weighted by Gasteiger charge is 2.31. The summed E-state index contributed by atoms with van der Waals surface area (Å²) in [6, 6.07) is 7.78. The van der Waals surface area contributed by atoms with Crippen LogP contribution in [0, 0.1) is 5.92 Å². The molecular weight excluding hydrogens is 214 g/mol. The normalized spacial score (nSPS) is 23.6. The monoisotopic (exact) mass is 235 g/mol. The van der Waals surface area contributed by atoms with Crippen molar-refractivity contribution in [3.63, 3.8) is 0 Å². The van der Waals surface area contributed by atoms with Gasteiger partial charge in [-0.05, 0) is 19.0 Å². The van der Waals surface area contributed by atoms with E-state index in [1.807, 2.05) is 31.3 Å². The quantitative estimate of drug-likeness (QED) is 0.870. The molecule has 0 radical (unpaired) electrons. The molecule has 1 aliphatic rings. The van der Waals surface area contributed by atoms with Gasteiger partial charge in [-0.2, -0.15) is 0 Å². The van der Waals surface area contributed by atoms with Gasteiger partial charge in [0.05, 0.1) is 6.04 Å². The Morgan fingerprint density at radius 2 is 2.12 bits per heavy atom. The van der Waals surface area contributed by atoms with Gasteiger partial charge in [-0.1, -0.05) is 32.0 Å². The Hall–Kier alpha value is -1.06. The Labute approximate surface area is 103 Å². The number of likely N-dealkylation sites (N-methyl/N-ethyl adjacent to an activating group) is 1. The molecule has 1 aromatic rings. The lowest BCUT2D eigenvalue weighted by Gasteiger charge is -2.37. The SMILES string of the molecule is CC(C)CN(C)C1COc2ccccc2C1O. The van der Waals surface area contributed by atoms with E-state index in [1.54, 1.807) is 0 Å². The maximum Gasteiger partial charge on any atom is 0.125 e. The minimum atomic E-state index is -0.455. The van der Waals surface area contributed by atoms with Crippen molar-refractivity contribution in [1.82, 2.24) is 4.90 Å². The molecule has 2 atom stereocenters. The summed E-state index contributed by atoms with van der Waals surface area (Å²) < 4.78 is 5.71. The van der Waals surface area contributed by atoms with Crippen LogP contribution in [0.5, 0.6) is 5.75 Å². The predicted octanol–water partition coefficient (Wildman–Crippen LogP) is 2.07. The van der Waals surface area contributed by atoms with Crippen LogP contribution in [0.1, 0.15) is 25.5 Å². The van der Waals surface area contributed by atoms with E-state index in [9.17, 15) is 5.11 Å². The molecule has 0 fully saturated rings. The molecule has 2 unspecified atom stereocenters. The highest BCUT2D eigenvalue weighted by molar-refractivity contribution is 5.37. The van der Waals surface area contributed by atoms with Crippen LogP contribution in [0.3, 0.4) is 0 Å². The first-order chi connectivity index (χ1) is 8.09. The first-order valence-electron chi connectivity index (χ1n) is 6.19. The van der Waals surface area contributed by atoms with Crippen molar-refractivity contribution >= 4 is 0 Å². The minimum Gasteiger partial charge on any atom is -0.491 e. The number of ether oxygens (including phenoxy) is 1. The summed E-state index contributed by atoms with van der Waals surface area (Å²) in [6.45, 7) is 5.88. The van der Waals surface area contributed by atoms with Crippen molar-refractivity contribution in [2.45, 2.75) is 26.0 Å². The molecule has 0 bridgehead atoms. The topological polar surface area (TPSA) is 32.7 Å². The smallest absolute Gasteiger partial charge is 0.125 e. The van der Waals surface area contributed by atoms with Crippen molar-refractivity contribution < 1.29 is 9.84 Å². The van der Waals surface area contributed by atoms with Gasteiger partial charge in [0.25, 0.3) is 0 Å². The Morgan fingerprint density at radius 1 is 1.41 bits per heavy atom. The summed E-state index contributed by atoms with van der Waals surface area (Å²) in [5.74, 6) is 1.40. The second-order valence-corrected chi connectivity index (χ2v) is 5.19. The van der Waals surface area contributed by atoms with Gasteiger partial charge in [0.1, 0.15) is 18.5 Å². The molecule has 1 N–H and O–H groups in total. The lowest BCUT2D eigenvalue weighted by atomic mass is 9.97. The zero-order valence-electron chi connectivity index (χ0n) is 10.8. The third-order valence-electron chi connectivity index (χ3n) is 3.23. The summed E-state index contributed by atoms with van der Waals surface area (Å²) in [7, 11) is 2.05. The lowest BCUT2D eigenvalue weighted by molar-refractivity contribution is 0.0109. The van der Waals surface area contributed by atoms with Crippen LogP contribution in [0.4, 0.5) is 0 Å². The van der Waals surface area contributed by atoms with Gasteiger partial charge in [0.15, 0.2) is 0 Å². The first kappa shape index (κ1) is 12.4. The van der Waals surface area contributed by atoms with Gasteiger partial charge in [0, 0.05) is 12.1 Å². The number of aliphatic hydroxyl groups excluding tert-OH is 1. The van der Waals surface area contributed by atoms with E-state index in [0.29, 0.717) is 12.5 Å². The number of para-hydroxylation sites is 1. The second-order valence-electron chi connectivity index (χ2n) is 5.19. The number of rotatable bonds is 3. The van der Waals surface area contributed by atoms with E-state index in [2.05, 4.69) is 18.7 Å². The minimum absolute atomic E-state index is 0.0484. The molecule has 0 aliphatic carbocycles. The molecular formula is C14H21NO2. The molecule has 0 saturated carbocycles. The Bertz CT molecular complexity index is 378. The highest BCUT2D eigenvalue weighted by atomic mass is 16.5. The third-order valence-corrected chi connectivity index (χ3v) is 3.23. The molecule has 1 aromatic carbocycles. The van der Waals surface area contributed by atoms with E-state index in [4.69, 9.17) is 4.74 Å². The average Bonchev–Trinajstić information content (AvgIpc) is 2.28. The lowest BCUT2D eigenvalue weighted by Crippen LogP contribution is -2.45. The molecule has 0 amide bonds. The number of nitrogens with zero attached hydrogens (tertiary/aromatic N) is 1. The van der Waals surface area contributed by atoms with E-state index in [1.165, 1.54) is 0 Å².